The number of hydrogen-bond donors (Lipinski definition) is 1. The smallest absolute Gasteiger partial charge is 0.236 e. The number of carbonyl (C=O) groups is 1. The molecule has 1 unspecified atom stereocenters. The minimum atomic E-state index is -0.229. The molecule has 1 amide bonds. The molecule has 0 aromatic heterocycles. The second kappa shape index (κ2) is 5.15. The Hall–Kier alpha value is -0.610. The van der Waals surface area contributed by atoms with Crippen LogP contribution in [0.4, 0.5) is 0 Å². The van der Waals surface area contributed by atoms with E-state index in [1.807, 2.05) is 4.90 Å². The number of β-amino-alcohol motifs (C(OH)–C–C–N with tert-alkyl or cyclic N) is 1. The van der Waals surface area contributed by atoms with Crippen LogP contribution in [0.15, 0.2) is 0 Å². The number of hydrogen-bond acceptors (Lipinski definition) is 3. The van der Waals surface area contributed by atoms with E-state index < -0.39 is 0 Å². The Bertz CT molecular complexity index is 257. The first-order valence-electron chi connectivity index (χ1n) is 6.33. The maximum absolute atomic E-state index is 12.0. The molecule has 2 aliphatic rings. The van der Waals surface area contributed by atoms with Gasteiger partial charge in [0.15, 0.2) is 0 Å². The molecule has 2 heterocycles. The molecule has 0 bridgehead atoms. The monoisotopic (exact) mass is 226 g/mol. The third-order valence-electron chi connectivity index (χ3n) is 3.62. The van der Waals surface area contributed by atoms with Gasteiger partial charge in [-0.05, 0) is 25.2 Å². The van der Waals surface area contributed by atoms with E-state index in [0.29, 0.717) is 19.0 Å². The average molecular weight is 226 g/mol. The van der Waals surface area contributed by atoms with Crippen molar-refractivity contribution < 1.29 is 9.90 Å². The van der Waals surface area contributed by atoms with Crippen LogP contribution in [-0.2, 0) is 4.79 Å². The van der Waals surface area contributed by atoms with Gasteiger partial charge in [0.25, 0.3) is 0 Å². The van der Waals surface area contributed by atoms with Crippen molar-refractivity contribution in [3.63, 3.8) is 0 Å². The van der Waals surface area contributed by atoms with Crippen LogP contribution in [0.2, 0.25) is 0 Å². The van der Waals surface area contributed by atoms with E-state index in [4.69, 9.17) is 0 Å². The molecule has 0 radical (unpaired) electrons. The van der Waals surface area contributed by atoms with Crippen LogP contribution in [-0.4, -0.2) is 59.6 Å². The maximum atomic E-state index is 12.0. The molecule has 4 nitrogen and oxygen atoms in total. The van der Waals surface area contributed by atoms with Gasteiger partial charge in [-0.25, -0.2) is 0 Å². The Morgan fingerprint density at radius 2 is 2.12 bits per heavy atom. The molecule has 0 aromatic rings. The van der Waals surface area contributed by atoms with Crippen LogP contribution in [0.25, 0.3) is 0 Å². The van der Waals surface area contributed by atoms with Crippen molar-refractivity contribution >= 4 is 5.91 Å². The zero-order valence-electron chi connectivity index (χ0n) is 10.1. The summed E-state index contributed by atoms with van der Waals surface area (Å²) in [6.07, 6.45) is 2.96. The first kappa shape index (κ1) is 11.9. The van der Waals surface area contributed by atoms with E-state index in [1.165, 1.54) is 6.42 Å². The van der Waals surface area contributed by atoms with Crippen LogP contribution < -0.4 is 0 Å². The first-order chi connectivity index (χ1) is 7.65. The molecule has 0 aliphatic carbocycles. The number of piperidine rings is 1. The molecule has 16 heavy (non-hydrogen) atoms. The highest BCUT2D eigenvalue weighted by Crippen LogP contribution is 2.16. The molecule has 2 saturated heterocycles. The van der Waals surface area contributed by atoms with Crippen LogP contribution in [0.1, 0.15) is 26.2 Å². The Balaban J connectivity index is 1.78. The lowest BCUT2D eigenvalue weighted by Gasteiger charge is -2.32. The SMILES string of the molecule is CC1CCCN(C(=O)CN2CC[C@@H](O)C2)C1. The van der Waals surface area contributed by atoms with Crippen LogP contribution in [0.5, 0.6) is 0 Å². The second-order valence-corrected chi connectivity index (χ2v) is 5.26. The van der Waals surface area contributed by atoms with E-state index in [9.17, 15) is 9.90 Å². The summed E-state index contributed by atoms with van der Waals surface area (Å²) in [5.74, 6) is 0.877. The number of nitrogens with zero attached hydrogens (tertiary/aromatic N) is 2. The highest BCUT2D eigenvalue weighted by atomic mass is 16.3. The average Bonchev–Trinajstić information content (AvgIpc) is 2.64. The summed E-state index contributed by atoms with van der Waals surface area (Å²) in [4.78, 5) is 16.1. The molecule has 4 heteroatoms. The summed E-state index contributed by atoms with van der Waals surface area (Å²) in [6, 6.07) is 0. The van der Waals surface area contributed by atoms with Gasteiger partial charge in [0.1, 0.15) is 0 Å². The number of amides is 1. The molecule has 2 fully saturated rings. The standard InChI is InChI=1S/C12H22N2O2/c1-10-3-2-5-14(7-10)12(16)9-13-6-4-11(15)8-13/h10-11,15H,2-9H2,1H3/t10?,11-/m1/s1. The molecule has 0 saturated carbocycles. The van der Waals surface area contributed by atoms with Gasteiger partial charge in [-0.1, -0.05) is 6.92 Å². The van der Waals surface area contributed by atoms with E-state index in [2.05, 4.69) is 11.8 Å². The highest BCUT2D eigenvalue weighted by molar-refractivity contribution is 5.78. The predicted octanol–water partition coefficient (Wildman–Crippen LogP) is 0.311. The van der Waals surface area contributed by atoms with Gasteiger partial charge in [-0.3, -0.25) is 9.69 Å². The molecule has 2 rings (SSSR count). The van der Waals surface area contributed by atoms with Crippen LogP contribution in [0, 0.1) is 5.92 Å². The van der Waals surface area contributed by atoms with Crippen molar-refractivity contribution in [1.82, 2.24) is 9.80 Å². The summed E-state index contributed by atoms with van der Waals surface area (Å²) >= 11 is 0. The van der Waals surface area contributed by atoms with E-state index in [1.54, 1.807) is 0 Å². The van der Waals surface area contributed by atoms with E-state index in [-0.39, 0.29) is 12.0 Å². The predicted molar refractivity (Wildman–Crippen MR) is 62.0 cm³/mol. The fraction of sp³-hybridized carbons (Fsp3) is 0.917. The molecular weight excluding hydrogens is 204 g/mol. The lowest BCUT2D eigenvalue weighted by Crippen LogP contribution is -2.44. The van der Waals surface area contributed by atoms with Crippen molar-refractivity contribution in [3.8, 4) is 0 Å². The summed E-state index contributed by atoms with van der Waals surface area (Å²) < 4.78 is 0. The van der Waals surface area contributed by atoms with Crippen LogP contribution >= 0.6 is 0 Å². The minimum absolute atomic E-state index is 0.229. The van der Waals surface area contributed by atoms with Gasteiger partial charge < -0.3 is 10.0 Å². The van der Waals surface area contributed by atoms with Crippen molar-refractivity contribution in [1.29, 1.82) is 0 Å². The number of aliphatic hydroxyl groups excluding tert-OH is 1. The number of rotatable bonds is 2. The number of aliphatic hydroxyl groups is 1. The van der Waals surface area contributed by atoms with Crippen molar-refractivity contribution in [2.24, 2.45) is 5.92 Å². The van der Waals surface area contributed by atoms with Crippen molar-refractivity contribution in [2.75, 3.05) is 32.7 Å². The van der Waals surface area contributed by atoms with Crippen LogP contribution in [0.3, 0.4) is 0 Å². The van der Waals surface area contributed by atoms with Gasteiger partial charge in [0.2, 0.25) is 5.91 Å². The molecule has 2 aliphatic heterocycles. The highest BCUT2D eigenvalue weighted by Gasteiger charge is 2.26. The lowest BCUT2D eigenvalue weighted by molar-refractivity contribution is -0.133. The van der Waals surface area contributed by atoms with Gasteiger partial charge >= 0.3 is 0 Å². The quantitative estimate of drug-likeness (QED) is 0.737. The summed E-state index contributed by atoms with van der Waals surface area (Å²) in [6.45, 7) is 6.04. The molecule has 0 spiro atoms. The normalized spacial score (nSPS) is 32.0. The summed E-state index contributed by atoms with van der Waals surface area (Å²) in [7, 11) is 0. The topological polar surface area (TPSA) is 43.8 Å². The van der Waals surface area contributed by atoms with Gasteiger partial charge in [0.05, 0.1) is 12.6 Å². The Labute approximate surface area is 97.2 Å². The molecule has 1 N–H and O–H groups in total. The summed E-state index contributed by atoms with van der Waals surface area (Å²) in [5.41, 5.74) is 0. The van der Waals surface area contributed by atoms with E-state index in [0.717, 1.165) is 32.5 Å². The van der Waals surface area contributed by atoms with Gasteiger partial charge in [0, 0.05) is 26.2 Å². The largest absolute Gasteiger partial charge is 0.392 e. The minimum Gasteiger partial charge on any atom is -0.392 e. The Kier molecular flexibility index (Phi) is 3.82. The second-order valence-electron chi connectivity index (χ2n) is 5.26. The van der Waals surface area contributed by atoms with Crippen molar-refractivity contribution in [3.05, 3.63) is 0 Å². The zero-order chi connectivity index (χ0) is 11.5. The van der Waals surface area contributed by atoms with Gasteiger partial charge in [-0.15, -0.1) is 0 Å². The molecule has 0 aromatic carbocycles. The molecular formula is C12H22N2O2. The number of carbonyl (C=O) groups excluding carboxylic acids is 1. The first-order valence-corrected chi connectivity index (χ1v) is 6.33. The van der Waals surface area contributed by atoms with Crippen molar-refractivity contribution in [2.45, 2.75) is 32.3 Å². The Morgan fingerprint density at radius 3 is 2.75 bits per heavy atom. The summed E-state index contributed by atoms with van der Waals surface area (Å²) in [5, 5.41) is 9.40. The molecule has 2 atom stereocenters. The van der Waals surface area contributed by atoms with Gasteiger partial charge in [-0.2, -0.15) is 0 Å². The molecule has 92 valence electrons. The van der Waals surface area contributed by atoms with E-state index >= 15 is 0 Å². The zero-order valence-corrected chi connectivity index (χ0v) is 10.1. The number of likely N-dealkylation sites (tertiary alicyclic amines) is 2. The Morgan fingerprint density at radius 1 is 1.31 bits per heavy atom. The maximum Gasteiger partial charge on any atom is 0.236 e. The third kappa shape index (κ3) is 2.95. The third-order valence-corrected chi connectivity index (χ3v) is 3.62. The fourth-order valence-electron chi connectivity index (χ4n) is 2.66. The lowest BCUT2D eigenvalue weighted by atomic mass is 10.0. The fourth-order valence-corrected chi connectivity index (χ4v) is 2.66.